The van der Waals surface area contributed by atoms with Crippen LogP contribution in [0.3, 0.4) is 0 Å². The van der Waals surface area contributed by atoms with Gasteiger partial charge in [-0.15, -0.1) is 0 Å². The lowest BCUT2D eigenvalue weighted by atomic mass is 10.3. The van der Waals surface area contributed by atoms with Gasteiger partial charge in [0.05, 0.1) is 12.8 Å². The molecule has 134 valence electrons. The van der Waals surface area contributed by atoms with E-state index in [0.29, 0.717) is 5.75 Å². The topological polar surface area (TPSA) is 38.3 Å². The molecule has 0 amide bonds. The Balaban J connectivity index is 2.29. The molecule has 0 aliphatic carbocycles. The van der Waals surface area contributed by atoms with Crippen molar-refractivity contribution >= 4 is 28.7 Å². The molecule has 26 heavy (non-hydrogen) atoms. The van der Waals surface area contributed by atoms with Gasteiger partial charge in [-0.05, 0) is 18.6 Å². The summed E-state index contributed by atoms with van der Waals surface area (Å²) in [6, 6.07) is 25.2. The lowest BCUT2D eigenvalue weighted by molar-refractivity contribution is 0.416. The molecule has 3 aromatic rings. The van der Waals surface area contributed by atoms with Gasteiger partial charge in [0.2, 0.25) is 0 Å². The van der Waals surface area contributed by atoms with E-state index in [-0.39, 0.29) is 0 Å². The van der Waals surface area contributed by atoms with Crippen LogP contribution < -0.4 is 26.0 Å². The van der Waals surface area contributed by atoms with Crippen LogP contribution in [-0.4, -0.2) is 13.7 Å². The fourth-order valence-corrected chi connectivity index (χ4v) is 5.92. The van der Waals surface area contributed by atoms with Gasteiger partial charge in [-0.3, -0.25) is 0 Å². The van der Waals surface area contributed by atoms with Gasteiger partial charge in [-0.1, -0.05) is 73.7 Å². The minimum absolute atomic E-state index is 0.711. The van der Waals surface area contributed by atoms with Gasteiger partial charge in [0.1, 0.15) is 5.75 Å². The number of nitrogens with one attached hydrogen (secondary N) is 1. The minimum Gasteiger partial charge on any atom is -0.495 e. The van der Waals surface area contributed by atoms with Gasteiger partial charge >= 0.3 is 0 Å². The Morgan fingerprint density at radius 1 is 0.846 bits per heavy atom. The van der Waals surface area contributed by atoms with Crippen molar-refractivity contribution in [2.75, 3.05) is 19.0 Å². The summed E-state index contributed by atoms with van der Waals surface area (Å²) in [5.41, 5.74) is 0.813. The summed E-state index contributed by atoms with van der Waals surface area (Å²) in [5.74, 6) is 0.711. The number of rotatable bonds is 7. The van der Waals surface area contributed by atoms with E-state index in [1.54, 1.807) is 7.11 Å². The predicted molar refractivity (Wildman–Crippen MR) is 111 cm³/mol. The molecule has 0 heterocycles. The maximum absolute atomic E-state index is 14.6. The molecule has 1 N–H and O–H groups in total. The first-order valence-electron chi connectivity index (χ1n) is 8.84. The van der Waals surface area contributed by atoms with E-state index in [1.165, 1.54) is 0 Å². The second-order valence-electron chi connectivity index (χ2n) is 6.06. The Labute approximate surface area is 155 Å². The first kappa shape index (κ1) is 18.3. The number of benzene rings is 3. The Hall–Kier alpha value is -2.51. The van der Waals surface area contributed by atoms with Gasteiger partial charge in [0.15, 0.2) is 7.14 Å². The monoisotopic (exact) mass is 365 g/mol. The zero-order chi connectivity index (χ0) is 18.4. The molecule has 0 aromatic heterocycles. The van der Waals surface area contributed by atoms with Crippen molar-refractivity contribution in [3.8, 4) is 5.75 Å². The van der Waals surface area contributed by atoms with Crippen molar-refractivity contribution < 1.29 is 9.30 Å². The predicted octanol–water partition coefficient (Wildman–Crippen LogP) is 4.16. The highest BCUT2D eigenvalue weighted by Gasteiger charge is 2.33. The van der Waals surface area contributed by atoms with Crippen LogP contribution in [0.25, 0.3) is 0 Å². The van der Waals surface area contributed by atoms with Crippen LogP contribution in [0, 0.1) is 0 Å². The Morgan fingerprint density at radius 2 is 1.42 bits per heavy atom. The molecule has 0 radical (unpaired) electrons. The largest absolute Gasteiger partial charge is 0.495 e. The van der Waals surface area contributed by atoms with Crippen molar-refractivity contribution in [3.05, 3.63) is 78.9 Å². The molecule has 0 aliphatic heterocycles. The summed E-state index contributed by atoms with van der Waals surface area (Å²) in [4.78, 5) is 0. The summed E-state index contributed by atoms with van der Waals surface area (Å²) in [6.45, 7) is 2.90. The van der Waals surface area contributed by atoms with Crippen LogP contribution in [0.4, 0.5) is 5.69 Å². The summed E-state index contributed by atoms with van der Waals surface area (Å²) in [6.07, 6.45) is 0.971. The second kappa shape index (κ2) is 8.25. The molecule has 0 spiro atoms. The van der Waals surface area contributed by atoms with Crippen molar-refractivity contribution in [2.45, 2.75) is 13.3 Å². The van der Waals surface area contributed by atoms with E-state index in [9.17, 15) is 4.57 Å². The van der Waals surface area contributed by atoms with E-state index >= 15 is 0 Å². The average Bonchev–Trinajstić information content (AvgIpc) is 2.72. The van der Waals surface area contributed by atoms with Crippen LogP contribution >= 0.6 is 7.14 Å². The fourth-order valence-electron chi connectivity index (χ4n) is 3.08. The number of hydrogen-bond donors (Lipinski definition) is 1. The molecule has 0 bridgehead atoms. The first-order chi connectivity index (χ1) is 12.7. The van der Waals surface area contributed by atoms with Crippen molar-refractivity contribution in [1.82, 2.24) is 0 Å². The molecular weight excluding hydrogens is 341 g/mol. The number of para-hydroxylation sites is 1. The normalized spacial score (nSPS) is 11.2. The molecule has 0 saturated heterocycles. The molecule has 4 heteroatoms. The number of hydrogen-bond acceptors (Lipinski definition) is 3. The highest BCUT2D eigenvalue weighted by Crippen LogP contribution is 2.46. The van der Waals surface area contributed by atoms with E-state index < -0.39 is 7.14 Å². The molecule has 0 unspecified atom stereocenters. The third-order valence-corrected chi connectivity index (χ3v) is 7.46. The van der Waals surface area contributed by atoms with Crippen molar-refractivity contribution in [1.29, 1.82) is 0 Å². The van der Waals surface area contributed by atoms with Crippen LogP contribution in [0.1, 0.15) is 13.3 Å². The van der Waals surface area contributed by atoms with Crippen LogP contribution in [-0.2, 0) is 4.57 Å². The van der Waals surface area contributed by atoms with Gasteiger partial charge < -0.3 is 14.6 Å². The number of methoxy groups -OCH3 is 1. The Bertz CT molecular complexity index is 851. The average molecular weight is 365 g/mol. The summed E-state index contributed by atoms with van der Waals surface area (Å²) >= 11 is 0. The van der Waals surface area contributed by atoms with E-state index in [1.807, 2.05) is 78.9 Å². The molecule has 0 atom stereocenters. The van der Waals surface area contributed by atoms with Crippen molar-refractivity contribution in [3.63, 3.8) is 0 Å². The fraction of sp³-hybridized carbons (Fsp3) is 0.182. The minimum atomic E-state index is -3.04. The third-order valence-electron chi connectivity index (χ3n) is 4.35. The smallest absolute Gasteiger partial charge is 0.173 e. The van der Waals surface area contributed by atoms with Gasteiger partial charge in [0.25, 0.3) is 0 Å². The van der Waals surface area contributed by atoms with Crippen LogP contribution in [0.5, 0.6) is 5.75 Å². The summed E-state index contributed by atoms with van der Waals surface area (Å²) in [7, 11) is -1.39. The first-order valence-corrected chi connectivity index (χ1v) is 10.5. The second-order valence-corrected chi connectivity index (χ2v) is 8.79. The van der Waals surface area contributed by atoms with Crippen LogP contribution in [0.15, 0.2) is 78.9 Å². The van der Waals surface area contributed by atoms with Gasteiger partial charge in [-0.25, -0.2) is 0 Å². The molecule has 3 aromatic carbocycles. The molecule has 3 nitrogen and oxygen atoms in total. The standard InChI is InChI=1S/C22H24NO2P/c1-3-17-23-22-20(25-2)15-10-16-21(22)26(24,18-11-6-4-7-12-18)19-13-8-5-9-14-19/h4-16,23H,3,17H2,1-2H3. The molecule has 0 aliphatic rings. The quantitative estimate of drug-likeness (QED) is 0.639. The Kier molecular flexibility index (Phi) is 5.80. The maximum Gasteiger partial charge on any atom is 0.173 e. The highest BCUT2D eigenvalue weighted by molar-refractivity contribution is 7.85. The number of ether oxygens (including phenoxy) is 1. The lowest BCUT2D eigenvalue weighted by Crippen LogP contribution is -2.27. The van der Waals surface area contributed by atoms with E-state index in [4.69, 9.17) is 4.74 Å². The zero-order valence-electron chi connectivity index (χ0n) is 15.2. The highest BCUT2D eigenvalue weighted by atomic mass is 31.2. The van der Waals surface area contributed by atoms with Gasteiger partial charge in [-0.2, -0.15) is 0 Å². The van der Waals surface area contributed by atoms with Crippen molar-refractivity contribution in [2.24, 2.45) is 0 Å². The lowest BCUT2D eigenvalue weighted by Gasteiger charge is -2.24. The molecule has 3 rings (SSSR count). The zero-order valence-corrected chi connectivity index (χ0v) is 16.1. The van der Waals surface area contributed by atoms with E-state index in [2.05, 4.69) is 12.2 Å². The summed E-state index contributed by atoms with van der Waals surface area (Å²) in [5, 5.41) is 5.85. The summed E-state index contributed by atoms with van der Waals surface area (Å²) < 4.78 is 20.1. The van der Waals surface area contributed by atoms with Crippen LogP contribution in [0.2, 0.25) is 0 Å². The molecular formula is C22H24NO2P. The number of anilines is 1. The molecule has 0 saturated carbocycles. The maximum atomic E-state index is 14.6. The Morgan fingerprint density at radius 3 is 1.92 bits per heavy atom. The molecule has 0 fully saturated rings. The third kappa shape index (κ3) is 3.40. The van der Waals surface area contributed by atoms with E-state index in [0.717, 1.165) is 34.6 Å². The van der Waals surface area contributed by atoms with Gasteiger partial charge in [0, 0.05) is 22.5 Å². The SMILES string of the molecule is CCCNc1c(OC)cccc1P(=O)(c1ccccc1)c1ccccc1.